The van der Waals surface area contributed by atoms with Gasteiger partial charge < -0.3 is 0 Å². The largest absolute Gasteiger partial charge is 0.143 e. The van der Waals surface area contributed by atoms with Gasteiger partial charge in [0.25, 0.3) is 0 Å². The first-order chi connectivity index (χ1) is 5.74. The second-order valence-corrected chi connectivity index (χ2v) is 4.52. The summed E-state index contributed by atoms with van der Waals surface area (Å²) in [5.41, 5.74) is 1.12. The molecule has 1 rings (SSSR count). The van der Waals surface area contributed by atoms with Crippen LogP contribution in [0, 0.1) is 11.8 Å². The zero-order chi connectivity index (χ0) is 8.97. The molecule has 1 unspecified atom stereocenters. The van der Waals surface area contributed by atoms with Crippen LogP contribution >= 0.6 is 27.5 Å². The van der Waals surface area contributed by atoms with Gasteiger partial charge in [-0.1, -0.05) is 34.3 Å². The van der Waals surface area contributed by atoms with Crippen molar-refractivity contribution in [2.45, 2.75) is 20.3 Å². The Bertz CT molecular complexity index is 211. The van der Waals surface area contributed by atoms with Gasteiger partial charge in [-0.15, -0.1) is 5.10 Å². The average Bonchev–Trinajstić information content (AvgIpc) is 2.51. The van der Waals surface area contributed by atoms with Crippen molar-refractivity contribution in [2.75, 3.05) is 5.33 Å². The minimum Gasteiger partial charge on any atom is -0.143 e. The van der Waals surface area contributed by atoms with Crippen LogP contribution in [0.4, 0.5) is 0 Å². The van der Waals surface area contributed by atoms with Crippen molar-refractivity contribution in [3.05, 3.63) is 11.1 Å². The lowest BCUT2D eigenvalue weighted by Crippen LogP contribution is -2.13. The molecule has 0 radical (unpaired) electrons. The highest BCUT2D eigenvalue weighted by molar-refractivity contribution is 9.09. The predicted octanol–water partition coefficient (Wildman–Crippen LogP) is 2.75. The number of hydrogen-bond acceptors (Lipinski definition) is 3. The molecule has 0 saturated carbocycles. The van der Waals surface area contributed by atoms with Gasteiger partial charge in [-0.2, -0.15) is 0 Å². The summed E-state index contributed by atoms with van der Waals surface area (Å²) in [5.74, 6) is 1.37. The van der Waals surface area contributed by atoms with Crippen molar-refractivity contribution in [2.24, 2.45) is 11.8 Å². The zero-order valence-corrected chi connectivity index (χ0v) is 9.73. The Morgan fingerprint density at radius 2 is 2.33 bits per heavy atom. The van der Waals surface area contributed by atoms with Gasteiger partial charge in [0.1, 0.15) is 0 Å². The van der Waals surface area contributed by atoms with Gasteiger partial charge in [0.15, 0.2) is 0 Å². The van der Waals surface area contributed by atoms with Gasteiger partial charge in [0, 0.05) is 10.7 Å². The summed E-state index contributed by atoms with van der Waals surface area (Å²) < 4.78 is 3.85. The molecule has 4 heteroatoms. The summed E-state index contributed by atoms with van der Waals surface area (Å²) >= 11 is 4.94. The van der Waals surface area contributed by atoms with Crippen LogP contribution in [0.15, 0.2) is 5.38 Å². The normalized spacial score (nSPS) is 13.7. The number of aromatic nitrogens is 2. The van der Waals surface area contributed by atoms with E-state index in [1.54, 1.807) is 0 Å². The molecule has 1 aromatic heterocycles. The summed E-state index contributed by atoms with van der Waals surface area (Å²) in [6, 6.07) is 0. The lowest BCUT2D eigenvalue weighted by molar-refractivity contribution is 0.423. The molecule has 0 fully saturated rings. The number of halogens is 1. The first-order valence-electron chi connectivity index (χ1n) is 4.06. The van der Waals surface area contributed by atoms with Crippen molar-refractivity contribution in [3.63, 3.8) is 0 Å². The Kier molecular flexibility index (Phi) is 4.15. The van der Waals surface area contributed by atoms with Gasteiger partial charge in [-0.25, -0.2) is 0 Å². The van der Waals surface area contributed by atoms with Crippen LogP contribution in [0.2, 0.25) is 0 Å². The lowest BCUT2D eigenvalue weighted by atomic mass is 9.94. The molecule has 2 nitrogen and oxygen atoms in total. The monoisotopic (exact) mass is 248 g/mol. The Balaban J connectivity index is 2.48. The van der Waals surface area contributed by atoms with E-state index in [1.165, 1.54) is 11.5 Å². The molecule has 12 heavy (non-hydrogen) atoms. The third-order valence-electron chi connectivity index (χ3n) is 2.02. The van der Waals surface area contributed by atoms with E-state index in [0.717, 1.165) is 17.4 Å². The molecule has 1 heterocycles. The SMILES string of the molecule is CC(C)C(CBr)Cc1csnn1. The molecule has 0 aliphatic carbocycles. The van der Waals surface area contributed by atoms with Crippen molar-refractivity contribution < 1.29 is 0 Å². The maximum absolute atomic E-state index is 4.03. The van der Waals surface area contributed by atoms with Crippen LogP contribution in [0.5, 0.6) is 0 Å². The molecule has 0 N–H and O–H groups in total. The van der Waals surface area contributed by atoms with E-state index in [1.807, 2.05) is 5.38 Å². The summed E-state index contributed by atoms with van der Waals surface area (Å²) in [6.45, 7) is 4.48. The van der Waals surface area contributed by atoms with Gasteiger partial charge in [0.2, 0.25) is 0 Å². The highest BCUT2D eigenvalue weighted by Gasteiger charge is 2.13. The molecule has 0 aliphatic rings. The highest BCUT2D eigenvalue weighted by Crippen LogP contribution is 2.18. The van der Waals surface area contributed by atoms with Crippen LogP contribution in [0.1, 0.15) is 19.5 Å². The van der Waals surface area contributed by atoms with Crippen LogP contribution in [0.25, 0.3) is 0 Å². The Labute approximate surface area is 85.7 Å². The quantitative estimate of drug-likeness (QED) is 0.767. The fourth-order valence-corrected chi connectivity index (χ4v) is 2.45. The second kappa shape index (κ2) is 4.92. The van der Waals surface area contributed by atoms with Crippen molar-refractivity contribution in [3.8, 4) is 0 Å². The summed E-state index contributed by atoms with van der Waals surface area (Å²) in [7, 11) is 0. The number of rotatable bonds is 4. The maximum atomic E-state index is 4.03. The molecule has 0 spiro atoms. The lowest BCUT2D eigenvalue weighted by Gasteiger charge is -2.15. The van der Waals surface area contributed by atoms with Crippen molar-refractivity contribution >= 4 is 27.5 Å². The summed E-state index contributed by atoms with van der Waals surface area (Å²) in [5, 5.41) is 7.10. The maximum Gasteiger partial charge on any atom is 0.0758 e. The second-order valence-electron chi connectivity index (χ2n) is 3.26. The third-order valence-corrected chi connectivity index (χ3v) is 3.40. The zero-order valence-electron chi connectivity index (χ0n) is 7.33. The van der Waals surface area contributed by atoms with Crippen LogP contribution in [0.3, 0.4) is 0 Å². The average molecular weight is 249 g/mol. The fourth-order valence-electron chi connectivity index (χ4n) is 1.01. The van der Waals surface area contributed by atoms with Gasteiger partial charge in [-0.05, 0) is 29.8 Å². The van der Waals surface area contributed by atoms with E-state index >= 15 is 0 Å². The molecule has 0 bridgehead atoms. The van der Waals surface area contributed by atoms with E-state index in [0.29, 0.717) is 11.8 Å². The van der Waals surface area contributed by atoms with Crippen LogP contribution in [-0.2, 0) is 6.42 Å². The van der Waals surface area contributed by atoms with Crippen molar-refractivity contribution in [1.29, 1.82) is 0 Å². The van der Waals surface area contributed by atoms with Gasteiger partial charge in [0.05, 0.1) is 5.69 Å². The Hall–Kier alpha value is 0.0400. The van der Waals surface area contributed by atoms with Crippen molar-refractivity contribution in [1.82, 2.24) is 9.59 Å². The molecule has 1 atom stereocenters. The third kappa shape index (κ3) is 2.83. The van der Waals surface area contributed by atoms with E-state index in [-0.39, 0.29) is 0 Å². The molecule has 0 aromatic carbocycles. The Morgan fingerprint density at radius 3 is 2.75 bits per heavy atom. The van der Waals surface area contributed by atoms with Gasteiger partial charge in [-0.3, -0.25) is 0 Å². The minimum absolute atomic E-state index is 0.675. The minimum atomic E-state index is 0.675. The standard InChI is InChI=1S/C8H13BrN2S/c1-6(2)7(4-9)3-8-5-12-11-10-8/h5-7H,3-4H2,1-2H3. The molecular weight excluding hydrogens is 236 g/mol. The predicted molar refractivity (Wildman–Crippen MR) is 55.7 cm³/mol. The fraction of sp³-hybridized carbons (Fsp3) is 0.750. The van der Waals surface area contributed by atoms with Crippen LogP contribution in [-0.4, -0.2) is 14.9 Å². The molecule has 0 saturated heterocycles. The number of hydrogen-bond donors (Lipinski definition) is 0. The highest BCUT2D eigenvalue weighted by atomic mass is 79.9. The topological polar surface area (TPSA) is 25.8 Å². The summed E-state index contributed by atoms with van der Waals surface area (Å²) in [6.07, 6.45) is 1.04. The number of alkyl halides is 1. The molecule has 1 aromatic rings. The van der Waals surface area contributed by atoms with E-state index < -0.39 is 0 Å². The molecule has 0 amide bonds. The van der Waals surface area contributed by atoms with Gasteiger partial charge >= 0.3 is 0 Å². The smallest absolute Gasteiger partial charge is 0.0758 e. The van der Waals surface area contributed by atoms with Crippen LogP contribution < -0.4 is 0 Å². The van der Waals surface area contributed by atoms with E-state index in [4.69, 9.17) is 0 Å². The molecule has 68 valence electrons. The van der Waals surface area contributed by atoms with E-state index in [9.17, 15) is 0 Å². The molecule has 0 aliphatic heterocycles. The Morgan fingerprint density at radius 1 is 1.58 bits per heavy atom. The van der Waals surface area contributed by atoms with E-state index in [2.05, 4.69) is 39.4 Å². The summed E-state index contributed by atoms with van der Waals surface area (Å²) in [4.78, 5) is 0. The first kappa shape index (κ1) is 10.1. The molecular formula is C8H13BrN2S. The first-order valence-corrected chi connectivity index (χ1v) is 6.01. The number of nitrogens with zero attached hydrogens (tertiary/aromatic N) is 2.